The highest BCUT2D eigenvalue weighted by molar-refractivity contribution is 5.90. The van der Waals surface area contributed by atoms with Crippen molar-refractivity contribution in [3.8, 4) is 0 Å². The van der Waals surface area contributed by atoms with E-state index in [1.54, 1.807) is 37.3 Å². The summed E-state index contributed by atoms with van der Waals surface area (Å²) in [4.78, 5) is 75.2. The van der Waals surface area contributed by atoms with E-state index >= 15 is 0 Å². The number of ether oxygens (including phenoxy) is 6. The fourth-order valence-corrected chi connectivity index (χ4v) is 9.35. The van der Waals surface area contributed by atoms with Crippen LogP contribution < -0.4 is 0 Å². The zero-order valence-corrected chi connectivity index (χ0v) is 29.4. The molecule has 2 saturated carbocycles. The molecule has 6 rings (SSSR count). The molecule has 0 aromatic carbocycles. The number of esters is 5. The van der Waals surface area contributed by atoms with Gasteiger partial charge < -0.3 is 28.4 Å². The molecule has 2 bridgehead atoms. The van der Waals surface area contributed by atoms with E-state index in [9.17, 15) is 24.0 Å². The second-order valence-corrected chi connectivity index (χ2v) is 14.3. The maximum Gasteiger partial charge on any atom is 0.340 e. The number of carbonyl (C=O) groups is 5. The van der Waals surface area contributed by atoms with Gasteiger partial charge in [0, 0.05) is 57.4 Å². The zero-order chi connectivity index (χ0) is 36.9. The van der Waals surface area contributed by atoms with Crippen LogP contribution in [0.2, 0.25) is 0 Å². The first-order chi connectivity index (χ1) is 24.2. The first-order valence-electron chi connectivity index (χ1n) is 16.9. The van der Waals surface area contributed by atoms with Crippen LogP contribution in [0.15, 0.2) is 73.4 Å². The average Bonchev–Trinajstić information content (AvgIpc) is 3.52. The summed E-state index contributed by atoms with van der Waals surface area (Å²) in [5.41, 5.74) is -3.67. The van der Waals surface area contributed by atoms with E-state index in [0.717, 1.165) is 0 Å². The van der Waals surface area contributed by atoms with Crippen LogP contribution in [0.3, 0.4) is 0 Å². The summed E-state index contributed by atoms with van der Waals surface area (Å²) in [5, 5.41) is 0. The Labute approximate surface area is 295 Å². The van der Waals surface area contributed by atoms with Crippen LogP contribution in [0.5, 0.6) is 0 Å². The van der Waals surface area contributed by atoms with Gasteiger partial charge in [-0.25, -0.2) is 9.59 Å². The van der Waals surface area contributed by atoms with Crippen molar-refractivity contribution in [3.63, 3.8) is 0 Å². The summed E-state index contributed by atoms with van der Waals surface area (Å²) < 4.78 is 38.4. The minimum absolute atomic E-state index is 0.0327. The summed E-state index contributed by atoms with van der Waals surface area (Å²) in [6, 6.07) is 6.29. The van der Waals surface area contributed by atoms with Crippen molar-refractivity contribution in [1.29, 1.82) is 0 Å². The number of hydrogen-bond acceptors (Lipinski definition) is 13. The van der Waals surface area contributed by atoms with Crippen molar-refractivity contribution in [2.45, 2.75) is 83.6 Å². The summed E-state index contributed by atoms with van der Waals surface area (Å²) in [7, 11) is 0. The molecule has 3 fully saturated rings. The standard InChI is InChI=1S/C38H42N2O11/c1-20(2)27-12-13-28(49-33(44)25-10-8-14-39-17-25)37-19-46-36(7,31(27)37)35(50-34(45)26-11-9-15-40-18-26)38(51-24(6)43)16-21(3)30(47-22(4)41)29(38)32(37)48-23(5)42/h8-15,17-18,21,27-32,35H,1,16,19H2,2-7H3. The lowest BCUT2D eigenvalue weighted by Crippen LogP contribution is -2.64. The quantitative estimate of drug-likeness (QED) is 0.218. The molecule has 11 atom stereocenters. The van der Waals surface area contributed by atoms with E-state index in [1.165, 1.54) is 45.6 Å². The van der Waals surface area contributed by atoms with Crippen molar-refractivity contribution < 1.29 is 52.4 Å². The molecule has 0 N–H and O–H groups in total. The van der Waals surface area contributed by atoms with Gasteiger partial charge in [0.25, 0.3) is 0 Å². The van der Waals surface area contributed by atoms with Crippen molar-refractivity contribution in [2.75, 3.05) is 6.61 Å². The smallest absolute Gasteiger partial charge is 0.340 e. The minimum atomic E-state index is -1.78. The summed E-state index contributed by atoms with van der Waals surface area (Å²) >= 11 is 0. The molecule has 3 aliphatic carbocycles. The Kier molecular flexibility index (Phi) is 9.38. The third-order valence-electron chi connectivity index (χ3n) is 10.9. The summed E-state index contributed by atoms with van der Waals surface area (Å²) in [6.07, 6.45) is 4.63. The van der Waals surface area contributed by atoms with Crippen LogP contribution in [0.1, 0.15) is 68.7 Å². The number of aromatic nitrogens is 2. The number of fused-ring (bicyclic) bond motifs is 1. The zero-order valence-electron chi connectivity index (χ0n) is 29.4. The van der Waals surface area contributed by atoms with Crippen molar-refractivity contribution in [3.05, 3.63) is 84.5 Å². The van der Waals surface area contributed by atoms with Gasteiger partial charge in [-0.3, -0.25) is 24.4 Å². The molecule has 0 amide bonds. The van der Waals surface area contributed by atoms with Gasteiger partial charge >= 0.3 is 29.8 Å². The Bertz CT molecular complexity index is 1770. The topological polar surface area (TPSA) is 167 Å². The second-order valence-electron chi connectivity index (χ2n) is 14.3. The lowest BCUT2D eigenvalue weighted by atomic mass is 9.55. The maximum absolute atomic E-state index is 14.1. The number of hydrogen-bond donors (Lipinski definition) is 0. The van der Waals surface area contributed by atoms with Crippen molar-refractivity contribution >= 4 is 29.8 Å². The fraction of sp³-hybridized carbons (Fsp3) is 0.500. The largest absolute Gasteiger partial charge is 0.462 e. The van der Waals surface area contributed by atoms with Crippen LogP contribution in [-0.2, 0) is 42.8 Å². The predicted molar refractivity (Wildman–Crippen MR) is 177 cm³/mol. The number of allylic oxidation sites excluding steroid dienone is 2. The third kappa shape index (κ3) is 5.90. The van der Waals surface area contributed by atoms with E-state index in [0.29, 0.717) is 5.57 Å². The van der Waals surface area contributed by atoms with E-state index in [1.807, 2.05) is 19.9 Å². The number of nitrogens with zero attached hydrogens (tertiary/aromatic N) is 2. The second kappa shape index (κ2) is 13.3. The molecule has 0 spiro atoms. The van der Waals surface area contributed by atoms with E-state index in [2.05, 4.69) is 16.5 Å². The van der Waals surface area contributed by atoms with Crippen LogP contribution in [0.25, 0.3) is 0 Å². The predicted octanol–water partition coefficient (Wildman–Crippen LogP) is 4.22. The molecule has 2 aromatic heterocycles. The molecule has 4 aliphatic rings. The molecule has 13 heteroatoms. The van der Waals surface area contributed by atoms with Crippen LogP contribution in [0, 0.1) is 29.1 Å². The molecule has 0 radical (unpaired) electrons. The van der Waals surface area contributed by atoms with Crippen LogP contribution in [-0.4, -0.2) is 82.0 Å². The van der Waals surface area contributed by atoms with E-state index in [-0.39, 0.29) is 24.2 Å². The number of rotatable bonds is 8. The average molecular weight is 703 g/mol. The van der Waals surface area contributed by atoms with Gasteiger partial charge in [0.05, 0.1) is 29.1 Å². The number of pyridine rings is 2. The Morgan fingerprint density at radius 3 is 1.98 bits per heavy atom. The van der Waals surface area contributed by atoms with Crippen LogP contribution >= 0.6 is 0 Å². The van der Waals surface area contributed by atoms with Gasteiger partial charge in [0.2, 0.25) is 0 Å². The van der Waals surface area contributed by atoms with Crippen molar-refractivity contribution in [2.24, 2.45) is 29.1 Å². The fourth-order valence-electron chi connectivity index (χ4n) is 9.35. The van der Waals surface area contributed by atoms with Gasteiger partial charge in [0.15, 0.2) is 11.7 Å². The third-order valence-corrected chi connectivity index (χ3v) is 10.9. The SMILES string of the molecule is C=C(C)C1C=CC(OC(=O)c2cccnc2)C23COC(C)(C(OC(=O)c4cccnc4)C4(OC(C)=O)CC(C)C(OC(C)=O)C4C2OC(C)=O)C13. The van der Waals surface area contributed by atoms with Crippen LogP contribution in [0.4, 0.5) is 0 Å². The lowest BCUT2D eigenvalue weighted by Gasteiger charge is -2.51. The van der Waals surface area contributed by atoms with Gasteiger partial charge in [-0.1, -0.05) is 25.2 Å². The first kappa shape index (κ1) is 35.9. The Hall–Kier alpha value is -4.91. The molecule has 11 unspecified atom stereocenters. The Morgan fingerprint density at radius 2 is 1.45 bits per heavy atom. The monoisotopic (exact) mass is 702 g/mol. The molecule has 3 heterocycles. The molecule has 51 heavy (non-hydrogen) atoms. The minimum Gasteiger partial charge on any atom is -0.462 e. The Balaban J connectivity index is 1.66. The van der Waals surface area contributed by atoms with Gasteiger partial charge in [-0.15, -0.1) is 0 Å². The molecule has 13 nitrogen and oxygen atoms in total. The highest BCUT2D eigenvalue weighted by atomic mass is 16.6. The normalized spacial score (nSPS) is 36.0. The lowest BCUT2D eigenvalue weighted by molar-refractivity contribution is -0.238. The maximum atomic E-state index is 14.1. The molecule has 1 aliphatic heterocycles. The van der Waals surface area contributed by atoms with Gasteiger partial charge in [-0.2, -0.15) is 0 Å². The van der Waals surface area contributed by atoms with Crippen molar-refractivity contribution in [1.82, 2.24) is 9.97 Å². The first-order valence-corrected chi connectivity index (χ1v) is 16.9. The highest BCUT2D eigenvalue weighted by Crippen LogP contribution is 2.68. The Morgan fingerprint density at radius 1 is 0.843 bits per heavy atom. The number of carbonyl (C=O) groups excluding carboxylic acids is 5. The molecular formula is C38H42N2O11. The van der Waals surface area contributed by atoms with Gasteiger partial charge in [0.1, 0.15) is 23.9 Å². The molecule has 1 saturated heterocycles. The van der Waals surface area contributed by atoms with E-state index in [4.69, 9.17) is 28.4 Å². The highest BCUT2D eigenvalue weighted by Gasteiger charge is 2.82. The van der Waals surface area contributed by atoms with E-state index < -0.39 is 94.6 Å². The summed E-state index contributed by atoms with van der Waals surface area (Å²) in [5.74, 6) is -6.37. The summed E-state index contributed by atoms with van der Waals surface area (Å²) in [6.45, 7) is 13.3. The molecule has 2 aromatic rings. The van der Waals surface area contributed by atoms with Gasteiger partial charge in [-0.05, 0) is 56.5 Å². The molecular weight excluding hydrogens is 660 g/mol. The molecule has 270 valence electrons.